The minimum Gasteiger partial charge on any atom is -0.507 e. The monoisotopic (exact) mass is 212 g/mol. The zero-order valence-corrected chi connectivity index (χ0v) is 8.17. The van der Waals surface area contributed by atoms with Crippen molar-refractivity contribution in [2.75, 3.05) is 13.7 Å². The Morgan fingerprint density at radius 2 is 2.20 bits per heavy atom. The average molecular weight is 212 g/mol. The Kier molecular flexibility index (Phi) is 3.65. The lowest BCUT2D eigenvalue weighted by Crippen LogP contribution is -2.06. The minimum absolute atomic E-state index is 0.0394. The third-order valence-electron chi connectivity index (χ3n) is 1.98. The molecule has 0 aliphatic carbocycles. The first-order chi connectivity index (χ1) is 7.10. The number of esters is 1. The Morgan fingerprint density at radius 3 is 2.73 bits per heavy atom. The number of phenolic OH excluding ortho intramolecular Hbond substituents is 1. The Morgan fingerprint density at radius 1 is 1.53 bits per heavy atom. The number of hydrogen-bond donors (Lipinski definition) is 3. The molecule has 0 aromatic heterocycles. The van der Waals surface area contributed by atoms with Crippen molar-refractivity contribution in [3.63, 3.8) is 0 Å². The second-order valence-electron chi connectivity index (χ2n) is 2.97. The molecule has 5 nitrogen and oxygen atoms in total. The lowest BCUT2D eigenvalue weighted by Gasteiger charge is -2.09. The molecule has 0 radical (unpaired) electrons. The van der Waals surface area contributed by atoms with Gasteiger partial charge in [0.25, 0.3) is 0 Å². The Bertz CT molecular complexity index is 361. The van der Waals surface area contributed by atoms with Gasteiger partial charge in [0.1, 0.15) is 17.4 Å². The summed E-state index contributed by atoms with van der Waals surface area (Å²) >= 11 is 0. The van der Waals surface area contributed by atoms with E-state index < -0.39 is 18.7 Å². The molecule has 0 spiro atoms. The van der Waals surface area contributed by atoms with Crippen molar-refractivity contribution in [3.8, 4) is 5.75 Å². The van der Waals surface area contributed by atoms with Crippen molar-refractivity contribution in [2.45, 2.75) is 6.10 Å². The highest BCUT2D eigenvalue weighted by Crippen LogP contribution is 2.22. The predicted molar refractivity (Wildman–Crippen MR) is 51.5 cm³/mol. The fourth-order valence-electron chi connectivity index (χ4n) is 1.14. The van der Waals surface area contributed by atoms with Crippen LogP contribution in [-0.4, -0.2) is 35.0 Å². The van der Waals surface area contributed by atoms with Gasteiger partial charge in [-0.05, 0) is 17.7 Å². The van der Waals surface area contributed by atoms with Gasteiger partial charge in [0.05, 0.1) is 13.7 Å². The Labute approximate surface area is 86.5 Å². The van der Waals surface area contributed by atoms with Gasteiger partial charge in [-0.25, -0.2) is 4.79 Å². The molecule has 1 aromatic rings. The first-order valence-electron chi connectivity index (χ1n) is 4.30. The zero-order valence-electron chi connectivity index (χ0n) is 8.17. The highest BCUT2D eigenvalue weighted by Gasteiger charge is 2.14. The summed E-state index contributed by atoms with van der Waals surface area (Å²) in [7, 11) is 1.19. The van der Waals surface area contributed by atoms with Crippen LogP contribution in [-0.2, 0) is 4.74 Å². The summed E-state index contributed by atoms with van der Waals surface area (Å²) in [6.45, 7) is -0.453. The first kappa shape index (κ1) is 11.5. The van der Waals surface area contributed by atoms with Gasteiger partial charge in [-0.3, -0.25) is 0 Å². The van der Waals surface area contributed by atoms with Crippen molar-refractivity contribution in [1.29, 1.82) is 0 Å². The van der Waals surface area contributed by atoms with Gasteiger partial charge in [0.15, 0.2) is 0 Å². The fourth-order valence-corrected chi connectivity index (χ4v) is 1.14. The largest absolute Gasteiger partial charge is 0.507 e. The van der Waals surface area contributed by atoms with E-state index in [0.29, 0.717) is 5.56 Å². The van der Waals surface area contributed by atoms with Crippen molar-refractivity contribution in [3.05, 3.63) is 29.3 Å². The normalized spacial score (nSPS) is 12.2. The van der Waals surface area contributed by atoms with Crippen LogP contribution in [0.15, 0.2) is 18.2 Å². The molecule has 0 aliphatic rings. The number of aliphatic hydroxyl groups is 2. The van der Waals surface area contributed by atoms with E-state index in [1.807, 2.05) is 0 Å². The molecule has 1 rings (SSSR count). The lowest BCUT2D eigenvalue weighted by molar-refractivity contribution is 0.0596. The van der Waals surface area contributed by atoms with Crippen LogP contribution in [0, 0.1) is 0 Å². The number of phenols is 1. The summed E-state index contributed by atoms with van der Waals surface area (Å²) in [6, 6.07) is 3.96. The maximum atomic E-state index is 11.2. The number of aliphatic hydroxyl groups excluding tert-OH is 2. The van der Waals surface area contributed by atoms with Crippen LogP contribution in [0.25, 0.3) is 0 Å². The Hall–Kier alpha value is -1.59. The molecule has 5 heteroatoms. The van der Waals surface area contributed by atoms with E-state index in [1.54, 1.807) is 0 Å². The fraction of sp³-hybridized carbons (Fsp3) is 0.300. The molecule has 1 unspecified atom stereocenters. The number of ether oxygens (including phenoxy) is 1. The van der Waals surface area contributed by atoms with Gasteiger partial charge >= 0.3 is 5.97 Å². The molecule has 0 saturated heterocycles. The van der Waals surface area contributed by atoms with E-state index in [1.165, 1.54) is 25.3 Å². The van der Waals surface area contributed by atoms with Gasteiger partial charge in [0, 0.05) is 0 Å². The van der Waals surface area contributed by atoms with E-state index in [2.05, 4.69) is 4.74 Å². The van der Waals surface area contributed by atoms with E-state index in [9.17, 15) is 15.0 Å². The van der Waals surface area contributed by atoms with Crippen molar-refractivity contribution in [2.24, 2.45) is 0 Å². The number of aromatic hydroxyl groups is 1. The van der Waals surface area contributed by atoms with Crippen molar-refractivity contribution in [1.82, 2.24) is 0 Å². The van der Waals surface area contributed by atoms with Crippen LogP contribution in [0.1, 0.15) is 22.0 Å². The molecule has 82 valence electrons. The molecular formula is C10H12O5. The van der Waals surface area contributed by atoms with Crippen LogP contribution in [0.5, 0.6) is 5.75 Å². The van der Waals surface area contributed by atoms with E-state index in [0.717, 1.165) is 0 Å². The van der Waals surface area contributed by atoms with Crippen molar-refractivity contribution >= 4 is 5.97 Å². The van der Waals surface area contributed by atoms with Crippen LogP contribution >= 0.6 is 0 Å². The van der Waals surface area contributed by atoms with Crippen LogP contribution in [0.4, 0.5) is 0 Å². The highest BCUT2D eigenvalue weighted by atomic mass is 16.5. The van der Waals surface area contributed by atoms with E-state index >= 15 is 0 Å². The number of benzene rings is 1. The minimum atomic E-state index is -1.07. The molecular weight excluding hydrogens is 200 g/mol. The molecule has 0 fully saturated rings. The quantitative estimate of drug-likeness (QED) is 0.623. The molecule has 1 atom stereocenters. The van der Waals surface area contributed by atoms with Crippen molar-refractivity contribution < 1.29 is 24.9 Å². The third kappa shape index (κ3) is 2.45. The maximum absolute atomic E-state index is 11.2. The summed E-state index contributed by atoms with van der Waals surface area (Å²) in [5.41, 5.74) is 0.304. The first-order valence-corrected chi connectivity index (χ1v) is 4.30. The number of carbonyl (C=O) groups excluding carboxylic acids is 1. The van der Waals surface area contributed by atoms with Gasteiger partial charge in [-0.1, -0.05) is 6.07 Å². The number of rotatable bonds is 3. The van der Waals surface area contributed by atoms with E-state index in [4.69, 9.17) is 5.11 Å². The summed E-state index contributed by atoms with van der Waals surface area (Å²) in [5.74, 6) is -0.921. The number of methoxy groups -OCH3 is 1. The van der Waals surface area contributed by atoms with Gasteiger partial charge < -0.3 is 20.1 Å². The second kappa shape index (κ2) is 4.77. The topological polar surface area (TPSA) is 87.0 Å². The molecule has 15 heavy (non-hydrogen) atoms. The smallest absolute Gasteiger partial charge is 0.341 e. The molecule has 3 N–H and O–H groups in total. The zero-order chi connectivity index (χ0) is 11.4. The lowest BCUT2D eigenvalue weighted by atomic mass is 10.1. The maximum Gasteiger partial charge on any atom is 0.341 e. The molecule has 0 aliphatic heterocycles. The van der Waals surface area contributed by atoms with Gasteiger partial charge in [0.2, 0.25) is 0 Å². The molecule has 0 saturated carbocycles. The highest BCUT2D eigenvalue weighted by molar-refractivity contribution is 5.92. The van der Waals surface area contributed by atoms with Crippen LogP contribution < -0.4 is 0 Å². The third-order valence-corrected chi connectivity index (χ3v) is 1.98. The average Bonchev–Trinajstić information content (AvgIpc) is 2.27. The van der Waals surface area contributed by atoms with Gasteiger partial charge in [-0.2, -0.15) is 0 Å². The molecule has 1 aromatic carbocycles. The molecule has 0 amide bonds. The Balaban J connectivity index is 3.10. The van der Waals surface area contributed by atoms with E-state index in [-0.39, 0.29) is 11.3 Å². The predicted octanol–water partition coefficient (Wildman–Crippen LogP) is 0.204. The number of hydrogen-bond acceptors (Lipinski definition) is 5. The number of carbonyl (C=O) groups is 1. The summed E-state index contributed by atoms with van der Waals surface area (Å²) in [4.78, 5) is 11.2. The standard InChI is InChI=1S/C10H12O5/c1-15-10(14)7-4-6(9(13)5-11)2-3-8(7)12/h2-4,9,11-13H,5H2,1H3. The molecule has 0 heterocycles. The molecule has 0 bridgehead atoms. The van der Waals surface area contributed by atoms with Gasteiger partial charge in [-0.15, -0.1) is 0 Å². The summed E-state index contributed by atoms with van der Waals surface area (Å²) in [6.07, 6.45) is -1.07. The van der Waals surface area contributed by atoms with Crippen LogP contribution in [0.2, 0.25) is 0 Å². The second-order valence-corrected chi connectivity index (χ2v) is 2.97. The van der Waals surface area contributed by atoms with Crippen LogP contribution in [0.3, 0.4) is 0 Å². The summed E-state index contributed by atoms with van der Waals surface area (Å²) in [5, 5.41) is 27.4. The summed E-state index contributed by atoms with van der Waals surface area (Å²) < 4.78 is 4.44. The SMILES string of the molecule is COC(=O)c1cc(C(O)CO)ccc1O.